The molecule has 140 valence electrons. The summed E-state index contributed by atoms with van der Waals surface area (Å²) >= 11 is 3.36. The molecule has 0 aliphatic rings. The molecule has 0 aliphatic carbocycles. The summed E-state index contributed by atoms with van der Waals surface area (Å²) in [6.07, 6.45) is 0. The summed E-state index contributed by atoms with van der Waals surface area (Å²) in [5, 5.41) is 6.03. The number of aromatic nitrogens is 1. The number of hydrogen-bond donors (Lipinski definition) is 1. The highest BCUT2D eigenvalue weighted by Crippen LogP contribution is 2.30. The van der Waals surface area contributed by atoms with E-state index >= 15 is 0 Å². The van der Waals surface area contributed by atoms with Crippen molar-refractivity contribution in [2.24, 2.45) is 0 Å². The van der Waals surface area contributed by atoms with Gasteiger partial charge in [0, 0.05) is 27.7 Å². The predicted molar refractivity (Wildman–Crippen MR) is 110 cm³/mol. The van der Waals surface area contributed by atoms with Crippen LogP contribution in [-0.4, -0.2) is 25.1 Å². The van der Waals surface area contributed by atoms with E-state index in [1.807, 2.05) is 31.2 Å². The number of anilines is 1. The molecule has 7 heteroatoms. The number of thiazole rings is 1. The molecule has 0 unspecified atom stereocenters. The Morgan fingerprint density at radius 2 is 1.93 bits per heavy atom. The van der Waals surface area contributed by atoms with Crippen LogP contribution in [0.2, 0.25) is 0 Å². The number of thioether (sulfide) groups is 1. The van der Waals surface area contributed by atoms with Crippen molar-refractivity contribution in [3.05, 3.63) is 64.1 Å². The summed E-state index contributed by atoms with van der Waals surface area (Å²) in [5.41, 5.74) is 2.26. The van der Waals surface area contributed by atoms with Gasteiger partial charge in [0.15, 0.2) is 0 Å². The molecule has 0 atom stereocenters. The molecule has 3 rings (SSSR count). The standard InChI is InChI=1S/C20H20N2O3S2/c1-13-21-15(11-26-13)12-27-17-7-4-14(5-8-17)20(23)22-18-9-6-16(24-2)10-19(18)25-3/h4-11H,12H2,1-3H3,(H,22,23). The van der Waals surface area contributed by atoms with Crippen LogP contribution >= 0.6 is 23.1 Å². The Morgan fingerprint density at radius 3 is 2.56 bits per heavy atom. The molecule has 0 saturated heterocycles. The number of carbonyl (C=O) groups excluding carboxylic acids is 1. The van der Waals surface area contributed by atoms with Gasteiger partial charge in [-0.3, -0.25) is 4.79 Å². The van der Waals surface area contributed by atoms with Crippen LogP contribution in [0.25, 0.3) is 0 Å². The second-order valence-corrected chi connectivity index (χ2v) is 7.80. The summed E-state index contributed by atoms with van der Waals surface area (Å²) in [6, 6.07) is 12.8. The number of hydrogen-bond acceptors (Lipinski definition) is 6. The largest absolute Gasteiger partial charge is 0.497 e. The lowest BCUT2D eigenvalue weighted by molar-refractivity contribution is 0.102. The number of rotatable bonds is 7. The molecule has 0 fully saturated rings. The Labute approximate surface area is 166 Å². The Morgan fingerprint density at radius 1 is 1.15 bits per heavy atom. The number of amides is 1. The van der Waals surface area contributed by atoms with E-state index in [1.54, 1.807) is 55.5 Å². The van der Waals surface area contributed by atoms with Crippen molar-refractivity contribution >= 4 is 34.7 Å². The number of aryl methyl sites for hydroxylation is 1. The van der Waals surface area contributed by atoms with Gasteiger partial charge in [0.25, 0.3) is 5.91 Å². The number of benzene rings is 2. The van der Waals surface area contributed by atoms with Crippen LogP contribution in [0, 0.1) is 6.92 Å². The molecule has 1 aromatic heterocycles. The van der Waals surface area contributed by atoms with Gasteiger partial charge in [-0.05, 0) is 43.3 Å². The lowest BCUT2D eigenvalue weighted by Gasteiger charge is -2.12. The van der Waals surface area contributed by atoms with Crippen LogP contribution in [0.4, 0.5) is 5.69 Å². The van der Waals surface area contributed by atoms with Gasteiger partial charge in [0.2, 0.25) is 0 Å². The zero-order valence-electron chi connectivity index (χ0n) is 15.3. The van der Waals surface area contributed by atoms with E-state index < -0.39 is 0 Å². The first-order valence-corrected chi connectivity index (χ1v) is 10.1. The second-order valence-electron chi connectivity index (χ2n) is 5.69. The molecule has 3 aromatic rings. The molecule has 2 aromatic carbocycles. The van der Waals surface area contributed by atoms with Gasteiger partial charge in [-0.25, -0.2) is 4.98 Å². The van der Waals surface area contributed by atoms with Crippen molar-refractivity contribution in [2.75, 3.05) is 19.5 Å². The van der Waals surface area contributed by atoms with Gasteiger partial charge in [-0.2, -0.15) is 0 Å². The Hall–Kier alpha value is -2.51. The fourth-order valence-electron chi connectivity index (χ4n) is 2.43. The predicted octanol–water partition coefficient (Wildman–Crippen LogP) is 5.01. The molecule has 0 aliphatic heterocycles. The molecule has 27 heavy (non-hydrogen) atoms. The first kappa shape index (κ1) is 19.3. The topological polar surface area (TPSA) is 60.5 Å². The van der Waals surface area contributed by atoms with Crippen molar-refractivity contribution < 1.29 is 14.3 Å². The van der Waals surface area contributed by atoms with E-state index in [1.165, 1.54) is 0 Å². The van der Waals surface area contributed by atoms with E-state index in [2.05, 4.69) is 15.7 Å². The molecule has 0 radical (unpaired) electrons. The number of nitrogens with zero attached hydrogens (tertiary/aromatic N) is 1. The molecule has 0 saturated carbocycles. The molecule has 1 amide bonds. The Bertz CT molecular complexity index is 923. The third-order valence-electron chi connectivity index (χ3n) is 3.83. The third kappa shape index (κ3) is 5.02. The quantitative estimate of drug-likeness (QED) is 0.565. The lowest BCUT2D eigenvalue weighted by atomic mass is 10.2. The van der Waals surface area contributed by atoms with E-state index in [-0.39, 0.29) is 5.91 Å². The van der Waals surface area contributed by atoms with Crippen LogP contribution in [0.15, 0.2) is 52.7 Å². The molecular formula is C20H20N2O3S2. The van der Waals surface area contributed by atoms with E-state index in [0.717, 1.165) is 21.3 Å². The maximum Gasteiger partial charge on any atom is 0.255 e. The van der Waals surface area contributed by atoms with Gasteiger partial charge < -0.3 is 14.8 Å². The minimum Gasteiger partial charge on any atom is -0.497 e. The van der Waals surface area contributed by atoms with Gasteiger partial charge in [-0.1, -0.05) is 0 Å². The lowest BCUT2D eigenvalue weighted by Crippen LogP contribution is -2.12. The van der Waals surface area contributed by atoms with Crippen molar-refractivity contribution in [1.29, 1.82) is 0 Å². The molecule has 1 heterocycles. The van der Waals surface area contributed by atoms with Crippen molar-refractivity contribution in [3.8, 4) is 11.5 Å². The SMILES string of the molecule is COc1ccc(NC(=O)c2ccc(SCc3csc(C)n3)cc2)c(OC)c1. The molecule has 0 bridgehead atoms. The minimum atomic E-state index is -0.190. The first-order chi connectivity index (χ1) is 13.1. The highest BCUT2D eigenvalue weighted by Gasteiger charge is 2.11. The summed E-state index contributed by atoms with van der Waals surface area (Å²) in [7, 11) is 3.14. The van der Waals surface area contributed by atoms with Crippen LogP contribution in [0.3, 0.4) is 0 Å². The average molecular weight is 401 g/mol. The van der Waals surface area contributed by atoms with Gasteiger partial charge in [-0.15, -0.1) is 23.1 Å². The van der Waals surface area contributed by atoms with Crippen molar-refractivity contribution in [3.63, 3.8) is 0 Å². The first-order valence-electron chi connectivity index (χ1n) is 8.26. The second kappa shape index (κ2) is 8.92. The smallest absolute Gasteiger partial charge is 0.255 e. The third-order valence-corrected chi connectivity index (χ3v) is 5.69. The molecule has 0 spiro atoms. The summed E-state index contributed by atoms with van der Waals surface area (Å²) in [4.78, 5) is 18.1. The molecule has 5 nitrogen and oxygen atoms in total. The average Bonchev–Trinajstić information content (AvgIpc) is 3.12. The summed E-state index contributed by atoms with van der Waals surface area (Å²) in [5.74, 6) is 1.85. The van der Waals surface area contributed by atoms with Crippen LogP contribution in [0.5, 0.6) is 11.5 Å². The minimum absolute atomic E-state index is 0.190. The van der Waals surface area contributed by atoms with Gasteiger partial charge in [0.05, 0.1) is 30.6 Å². The van der Waals surface area contributed by atoms with Crippen molar-refractivity contribution in [1.82, 2.24) is 4.98 Å². The fraction of sp³-hybridized carbons (Fsp3) is 0.200. The number of ether oxygens (including phenoxy) is 2. The molecule has 1 N–H and O–H groups in total. The van der Waals surface area contributed by atoms with Crippen LogP contribution in [-0.2, 0) is 5.75 Å². The number of carbonyl (C=O) groups is 1. The van der Waals surface area contributed by atoms with Crippen LogP contribution < -0.4 is 14.8 Å². The maximum atomic E-state index is 12.5. The maximum absolute atomic E-state index is 12.5. The van der Waals surface area contributed by atoms with E-state index in [9.17, 15) is 4.79 Å². The Kier molecular flexibility index (Phi) is 6.36. The number of methoxy groups -OCH3 is 2. The summed E-state index contributed by atoms with van der Waals surface area (Å²) < 4.78 is 10.5. The molecular weight excluding hydrogens is 380 g/mol. The van der Waals surface area contributed by atoms with Gasteiger partial charge >= 0.3 is 0 Å². The normalized spacial score (nSPS) is 10.5. The van der Waals surface area contributed by atoms with E-state index in [0.29, 0.717) is 22.7 Å². The zero-order chi connectivity index (χ0) is 19.2. The summed E-state index contributed by atoms with van der Waals surface area (Å²) in [6.45, 7) is 2.00. The Balaban J connectivity index is 1.63. The monoisotopic (exact) mass is 400 g/mol. The highest BCUT2D eigenvalue weighted by molar-refractivity contribution is 7.98. The zero-order valence-corrected chi connectivity index (χ0v) is 16.9. The van der Waals surface area contributed by atoms with Crippen LogP contribution in [0.1, 0.15) is 21.1 Å². The highest BCUT2D eigenvalue weighted by atomic mass is 32.2. The van der Waals surface area contributed by atoms with E-state index in [4.69, 9.17) is 9.47 Å². The fourth-order valence-corrected chi connectivity index (χ4v) is 3.94. The number of nitrogens with one attached hydrogen (secondary N) is 1. The van der Waals surface area contributed by atoms with Gasteiger partial charge in [0.1, 0.15) is 11.5 Å². The van der Waals surface area contributed by atoms with Crippen molar-refractivity contribution in [2.45, 2.75) is 17.6 Å².